The fourth-order valence-corrected chi connectivity index (χ4v) is 3.59. The van der Waals surface area contributed by atoms with Gasteiger partial charge < -0.3 is 10.2 Å². The number of hydrogen-bond donors (Lipinski definition) is 1. The maximum atomic E-state index is 12.5. The van der Waals surface area contributed by atoms with E-state index < -0.39 is 0 Å². The summed E-state index contributed by atoms with van der Waals surface area (Å²) in [6.07, 6.45) is 5.92. The molecule has 0 spiro atoms. The van der Waals surface area contributed by atoms with E-state index in [2.05, 4.69) is 31.0 Å². The number of hydrogen-bond acceptors (Lipinski definition) is 2. The minimum Gasteiger partial charge on any atom is -0.342 e. The molecular weight excluding hydrogens is 224 g/mol. The minimum atomic E-state index is 0.223. The van der Waals surface area contributed by atoms with Crippen LogP contribution in [0.3, 0.4) is 0 Å². The molecule has 0 radical (unpaired) electrons. The van der Waals surface area contributed by atoms with Crippen molar-refractivity contribution < 1.29 is 4.79 Å². The van der Waals surface area contributed by atoms with E-state index in [-0.39, 0.29) is 5.92 Å². The Kier molecular flexibility index (Phi) is 4.31. The van der Waals surface area contributed by atoms with Gasteiger partial charge in [-0.3, -0.25) is 4.79 Å². The van der Waals surface area contributed by atoms with E-state index in [1.54, 1.807) is 0 Å². The number of nitrogens with one attached hydrogen (secondary N) is 1. The summed E-state index contributed by atoms with van der Waals surface area (Å²) in [7, 11) is 0. The largest absolute Gasteiger partial charge is 0.342 e. The molecular formula is C15H28N2O. The fourth-order valence-electron chi connectivity index (χ4n) is 3.59. The van der Waals surface area contributed by atoms with Gasteiger partial charge in [-0.25, -0.2) is 0 Å². The van der Waals surface area contributed by atoms with E-state index in [0.717, 1.165) is 26.1 Å². The van der Waals surface area contributed by atoms with Crippen LogP contribution in [-0.2, 0) is 4.79 Å². The van der Waals surface area contributed by atoms with Gasteiger partial charge in [-0.05, 0) is 38.1 Å². The van der Waals surface area contributed by atoms with Crippen LogP contribution in [0.4, 0.5) is 0 Å². The Labute approximate surface area is 111 Å². The summed E-state index contributed by atoms with van der Waals surface area (Å²) < 4.78 is 0. The summed E-state index contributed by atoms with van der Waals surface area (Å²) >= 11 is 0. The van der Waals surface area contributed by atoms with Gasteiger partial charge in [-0.1, -0.05) is 26.7 Å². The third-order valence-electron chi connectivity index (χ3n) is 5.48. The molecule has 18 heavy (non-hydrogen) atoms. The summed E-state index contributed by atoms with van der Waals surface area (Å²) in [5.74, 6) is 0.619. The molecule has 3 nitrogen and oxygen atoms in total. The Morgan fingerprint density at radius 3 is 2.33 bits per heavy atom. The molecule has 2 rings (SSSR count). The van der Waals surface area contributed by atoms with E-state index >= 15 is 0 Å². The van der Waals surface area contributed by atoms with E-state index in [0.29, 0.717) is 17.4 Å². The van der Waals surface area contributed by atoms with Crippen LogP contribution in [0.2, 0.25) is 0 Å². The van der Waals surface area contributed by atoms with Gasteiger partial charge in [0.05, 0.1) is 5.92 Å². The standard InChI is InChI=1S/C15H28N2O/c1-4-15(5-2)7-10-17(11-8-15)14(18)13-6-9-16-12(13)3/h12-13,16H,4-11H2,1-3H3. The van der Waals surface area contributed by atoms with Gasteiger partial charge in [0.25, 0.3) is 0 Å². The van der Waals surface area contributed by atoms with Gasteiger partial charge in [0, 0.05) is 19.1 Å². The molecule has 0 aromatic rings. The Morgan fingerprint density at radius 1 is 1.28 bits per heavy atom. The van der Waals surface area contributed by atoms with E-state index in [1.165, 1.54) is 25.7 Å². The van der Waals surface area contributed by atoms with Crippen LogP contribution in [0.1, 0.15) is 52.9 Å². The van der Waals surface area contributed by atoms with Crippen molar-refractivity contribution in [3.05, 3.63) is 0 Å². The van der Waals surface area contributed by atoms with Crippen molar-refractivity contribution >= 4 is 5.91 Å². The average molecular weight is 252 g/mol. The van der Waals surface area contributed by atoms with E-state index in [4.69, 9.17) is 0 Å². The first-order valence-electron chi connectivity index (χ1n) is 7.64. The lowest BCUT2D eigenvalue weighted by molar-refractivity contribution is -0.138. The average Bonchev–Trinajstić information content (AvgIpc) is 2.84. The van der Waals surface area contributed by atoms with E-state index in [1.807, 2.05) is 0 Å². The number of rotatable bonds is 3. The molecule has 3 heteroatoms. The van der Waals surface area contributed by atoms with E-state index in [9.17, 15) is 4.79 Å². The lowest BCUT2D eigenvalue weighted by Crippen LogP contribution is -2.46. The predicted molar refractivity (Wildman–Crippen MR) is 74.4 cm³/mol. The van der Waals surface area contributed by atoms with Crippen molar-refractivity contribution in [2.24, 2.45) is 11.3 Å². The third-order valence-corrected chi connectivity index (χ3v) is 5.48. The highest BCUT2D eigenvalue weighted by molar-refractivity contribution is 5.80. The van der Waals surface area contributed by atoms with Gasteiger partial charge >= 0.3 is 0 Å². The van der Waals surface area contributed by atoms with Crippen molar-refractivity contribution in [2.45, 2.75) is 58.9 Å². The molecule has 2 saturated heterocycles. The zero-order chi connectivity index (χ0) is 13.2. The number of nitrogens with zero attached hydrogens (tertiary/aromatic N) is 1. The van der Waals surface area contributed by atoms with Crippen molar-refractivity contribution in [1.29, 1.82) is 0 Å². The molecule has 1 N–H and O–H groups in total. The van der Waals surface area contributed by atoms with Crippen LogP contribution in [0.15, 0.2) is 0 Å². The van der Waals surface area contributed by atoms with Crippen LogP contribution in [0.25, 0.3) is 0 Å². The maximum Gasteiger partial charge on any atom is 0.227 e. The SMILES string of the molecule is CCC1(CC)CCN(C(=O)C2CCNC2C)CC1. The second-order valence-electron chi connectivity index (χ2n) is 6.17. The molecule has 2 aliphatic rings. The molecule has 104 valence electrons. The zero-order valence-electron chi connectivity index (χ0n) is 12.2. The molecule has 1 amide bonds. The Hall–Kier alpha value is -0.570. The van der Waals surface area contributed by atoms with Gasteiger partial charge in [-0.15, -0.1) is 0 Å². The summed E-state index contributed by atoms with van der Waals surface area (Å²) in [5.41, 5.74) is 0.510. The molecule has 0 aliphatic carbocycles. The molecule has 2 heterocycles. The van der Waals surface area contributed by atoms with Crippen molar-refractivity contribution in [1.82, 2.24) is 10.2 Å². The summed E-state index contributed by atoms with van der Waals surface area (Å²) in [6.45, 7) is 9.68. The first kappa shape index (κ1) is 13.9. The highest BCUT2D eigenvalue weighted by atomic mass is 16.2. The van der Waals surface area contributed by atoms with Crippen LogP contribution in [0.5, 0.6) is 0 Å². The molecule has 2 aliphatic heterocycles. The number of piperidine rings is 1. The number of likely N-dealkylation sites (tertiary alicyclic amines) is 1. The Bertz CT molecular complexity index is 289. The summed E-state index contributed by atoms with van der Waals surface area (Å²) in [4.78, 5) is 14.6. The number of amides is 1. The maximum absolute atomic E-state index is 12.5. The molecule has 0 saturated carbocycles. The highest BCUT2D eigenvalue weighted by Crippen LogP contribution is 2.38. The second-order valence-corrected chi connectivity index (χ2v) is 6.17. The lowest BCUT2D eigenvalue weighted by atomic mass is 9.74. The van der Waals surface area contributed by atoms with Crippen molar-refractivity contribution in [3.63, 3.8) is 0 Å². The van der Waals surface area contributed by atoms with Gasteiger partial charge in [0.1, 0.15) is 0 Å². The first-order chi connectivity index (χ1) is 8.62. The third kappa shape index (κ3) is 2.56. The molecule has 2 atom stereocenters. The molecule has 2 fully saturated rings. The predicted octanol–water partition coefficient (Wildman–Crippen LogP) is 2.41. The second kappa shape index (κ2) is 5.60. The first-order valence-corrected chi connectivity index (χ1v) is 7.64. The zero-order valence-corrected chi connectivity index (χ0v) is 12.2. The normalized spacial score (nSPS) is 31.6. The van der Waals surface area contributed by atoms with Crippen LogP contribution < -0.4 is 5.32 Å². The topological polar surface area (TPSA) is 32.3 Å². The molecule has 0 aromatic heterocycles. The fraction of sp³-hybridized carbons (Fsp3) is 0.933. The summed E-state index contributed by atoms with van der Waals surface area (Å²) in [6, 6.07) is 0.363. The van der Waals surface area contributed by atoms with Crippen LogP contribution in [-0.4, -0.2) is 36.5 Å². The lowest BCUT2D eigenvalue weighted by Gasteiger charge is -2.42. The van der Waals surface area contributed by atoms with Crippen molar-refractivity contribution in [3.8, 4) is 0 Å². The minimum absolute atomic E-state index is 0.223. The monoisotopic (exact) mass is 252 g/mol. The van der Waals surface area contributed by atoms with Gasteiger partial charge in [0.2, 0.25) is 5.91 Å². The smallest absolute Gasteiger partial charge is 0.227 e. The Balaban J connectivity index is 1.91. The van der Waals surface area contributed by atoms with Crippen LogP contribution >= 0.6 is 0 Å². The Morgan fingerprint density at radius 2 is 1.89 bits per heavy atom. The summed E-state index contributed by atoms with van der Waals surface area (Å²) in [5, 5.41) is 3.38. The quantitative estimate of drug-likeness (QED) is 0.836. The molecule has 2 unspecified atom stereocenters. The van der Waals surface area contributed by atoms with Crippen molar-refractivity contribution in [2.75, 3.05) is 19.6 Å². The van der Waals surface area contributed by atoms with Gasteiger partial charge in [-0.2, -0.15) is 0 Å². The molecule has 0 aromatic carbocycles. The van der Waals surface area contributed by atoms with Crippen LogP contribution in [0, 0.1) is 11.3 Å². The number of carbonyl (C=O) groups is 1. The highest BCUT2D eigenvalue weighted by Gasteiger charge is 2.37. The number of carbonyl (C=O) groups excluding carboxylic acids is 1. The van der Waals surface area contributed by atoms with Gasteiger partial charge in [0.15, 0.2) is 0 Å². The molecule has 0 bridgehead atoms.